The maximum Gasteiger partial charge on any atom is 0.293 e. The molecule has 3 N–H and O–H groups in total. The third kappa shape index (κ3) is 7.70. The lowest BCUT2D eigenvalue weighted by Gasteiger charge is -2.66. The Labute approximate surface area is 375 Å². The van der Waals surface area contributed by atoms with E-state index in [4.69, 9.17) is 26.1 Å². The predicted molar refractivity (Wildman–Crippen MR) is 240 cm³/mol. The maximum absolute atomic E-state index is 13.3. The topological polar surface area (TPSA) is 184 Å². The predicted octanol–water partition coefficient (Wildman–Crippen LogP) is 4.14. The summed E-state index contributed by atoms with van der Waals surface area (Å²) in [5.74, 6) is 0.0178. The van der Waals surface area contributed by atoms with Crippen LogP contribution in [0.3, 0.4) is 0 Å². The highest BCUT2D eigenvalue weighted by molar-refractivity contribution is 6.33. The summed E-state index contributed by atoms with van der Waals surface area (Å²) in [6, 6.07) is 13.2. The van der Waals surface area contributed by atoms with Crippen molar-refractivity contribution in [1.82, 2.24) is 35.0 Å². The molecule has 4 aromatic rings. The van der Waals surface area contributed by atoms with Gasteiger partial charge in [-0.25, -0.2) is 4.98 Å². The second-order valence-corrected chi connectivity index (χ2v) is 18.8. The monoisotopic (exact) mass is 892 g/mol. The zero-order valence-corrected chi connectivity index (χ0v) is 37.0. The number of pyridine rings is 1. The van der Waals surface area contributed by atoms with Gasteiger partial charge in [-0.05, 0) is 100 Å². The van der Waals surface area contributed by atoms with E-state index in [1.165, 1.54) is 7.05 Å². The van der Waals surface area contributed by atoms with E-state index in [1.807, 2.05) is 44.2 Å². The Kier molecular flexibility index (Phi) is 11.0. The van der Waals surface area contributed by atoms with E-state index in [0.29, 0.717) is 47.0 Å². The summed E-state index contributed by atoms with van der Waals surface area (Å²) in [7, 11) is 1.52. The summed E-state index contributed by atoms with van der Waals surface area (Å²) in [5, 5.41) is 9.36. The molecule has 1 spiro atoms. The van der Waals surface area contributed by atoms with Gasteiger partial charge in [-0.1, -0.05) is 11.6 Å². The van der Waals surface area contributed by atoms with Crippen LogP contribution in [0.15, 0.2) is 53.5 Å². The molecule has 17 nitrogen and oxygen atoms in total. The smallest absolute Gasteiger partial charge is 0.293 e. The number of likely N-dealkylation sites (N-methyl/N-ethyl adjacent to an activating group) is 1. The van der Waals surface area contributed by atoms with E-state index < -0.39 is 6.04 Å². The Hall–Kier alpha value is -5.78. The highest BCUT2D eigenvalue weighted by Crippen LogP contribution is 2.47. The number of hydrogen-bond acceptors (Lipinski definition) is 13. The van der Waals surface area contributed by atoms with Crippen molar-refractivity contribution in [3.8, 4) is 5.75 Å². The lowest BCUT2D eigenvalue weighted by molar-refractivity contribution is -0.137. The molecule has 1 unspecified atom stereocenters. The van der Waals surface area contributed by atoms with Crippen molar-refractivity contribution in [1.29, 1.82) is 0 Å². The Balaban J connectivity index is 0.698. The fraction of sp³-hybridized carbons (Fsp3) is 0.500. The molecule has 5 aliphatic heterocycles. The highest BCUT2D eigenvalue weighted by atomic mass is 35.5. The number of rotatable bonds is 12. The largest absolute Gasteiger partial charge is 0.478 e. The van der Waals surface area contributed by atoms with Crippen molar-refractivity contribution in [3.63, 3.8) is 0 Å². The van der Waals surface area contributed by atoms with Crippen LogP contribution in [0.25, 0.3) is 10.9 Å². The van der Waals surface area contributed by atoms with Gasteiger partial charge in [-0.15, -0.1) is 0 Å². The number of halogens is 1. The first-order valence-electron chi connectivity index (χ1n) is 22.4. The molecule has 0 bridgehead atoms. The van der Waals surface area contributed by atoms with Gasteiger partial charge >= 0.3 is 0 Å². The van der Waals surface area contributed by atoms with Crippen LogP contribution in [0.4, 0.5) is 23.1 Å². The third-order valence-corrected chi connectivity index (χ3v) is 14.3. The average molecular weight is 893 g/mol. The molecule has 0 radical (unpaired) electrons. The van der Waals surface area contributed by atoms with Gasteiger partial charge in [0, 0.05) is 87.1 Å². The molecule has 4 amide bonds. The number of likely N-dealkylation sites (tertiary alicyclic amines) is 1. The SMILES string of the molecule is CNC(=O)COc1cc2cc(Nc3nc(N4CCC(O[C@H]5C[C@H](N6CC7(CCN7c7ccc8c(c7)CN(C7CCC(=O)NC7=O)C8=O)C6)C5)CC4)ncc3Cl)ccc2n(C(C)C)c1=O. The standard InChI is InChI=1S/C46H53ClN10O7/c1-26(2)57-36-7-4-29(16-27(36)18-38(44(57)62)63-23-40(59)48-3)50-41-35(47)21-49-45(52-41)53-13-10-32(11-14-53)64-33-19-31(20-33)54-24-46(25-54)12-15-56(46)30-5-6-34-28(17-30)22-55(43(34)61)37-8-9-39(58)51-42(37)60/h4-7,16-18,21,26,31-33,37H,8-15,19-20,22-25H2,1-3H3,(H,48,59)(H,49,50,52)(H,51,58,60)/t31-,33-,37?. The molecule has 2 aromatic carbocycles. The fourth-order valence-corrected chi connectivity index (χ4v) is 10.5. The average Bonchev–Trinajstić information content (AvgIpc) is 3.56. The number of nitrogens with one attached hydrogen (secondary N) is 3. The molecule has 1 aliphatic carbocycles. The molecule has 5 fully saturated rings. The van der Waals surface area contributed by atoms with Gasteiger partial charge in [0.1, 0.15) is 11.1 Å². The maximum atomic E-state index is 13.3. The molecule has 1 atom stereocenters. The minimum absolute atomic E-state index is 0.0949. The number of ether oxygens (including phenoxy) is 2. The van der Waals surface area contributed by atoms with Crippen molar-refractivity contribution in [2.45, 2.75) is 101 Å². The number of carbonyl (C=O) groups is 4. The minimum atomic E-state index is -0.609. The lowest BCUT2D eigenvalue weighted by Crippen LogP contribution is -2.79. The van der Waals surface area contributed by atoms with Gasteiger partial charge in [0.2, 0.25) is 17.8 Å². The van der Waals surface area contributed by atoms with Gasteiger partial charge in [-0.3, -0.25) is 34.2 Å². The number of amides is 4. The third-order valence-electron chi connectivity index (χ3n) is 14.0. The first-order chi connectivity index (χ1) is 30.9. The van der Waals surface area contributed by atoms with Crippen LogP contribution in [0.5, 0.6) is 5.75 Å². The zero-order valence-electron chi connectivity index (χ0n) is 36.3. The summed E-state index contributed by atoms with van der Waals surface area (Å²) in [4.78, 5) is 80.8. The quantitative estimate of drug-likeness (QED) is 0.173. The van der Waals surface area contributed by atoms with Crippen LogP contribution in [-0.2, 0) is 25.7 Å². The molecule has 64 heavy (non-hydrogen) atoms. The van der Waals surface area contributed by atoms with E-state index in [9.17, 15) is 24.0 Å². The molecule has 4 saturated heterocycles. The van der Waals surface area contributed by atoms with Crippen molar-refractivity contribution in [2.24, 2.45) is 0 Å². The molecule has 1 saturated carbocycles. The first kappa shape index (κ1) is 42.2. The number of piperidine rings is 2. The zero-order chi connectivity index (χ0) is 44.4. The fourth-order valence-electron chi connectivity index (χ4n) is 10.3. The van der Waals surface area contributed by atoms with Gasteiger partial charge in [0.15, 0.2) is 18.2 Å². The van der Waals surface area contributed by atoms with Crippen LogP contribution in [0.2, 0.25) is 5.02 Å². The van der Waals surface area contributed by atoms with Crippen LogP contribution >= 0.6 is 11.6 Å². The van der Waals surface area contributed by atoms with E-state index >= 15 is 0 Å². The summed E-state index contributed by atoms with van der Waals surface area (Å²) < 4.78 is 13.9. The van der Waals surface area contributed by atoms with E-state index in [1.54, 1.807) is 21.7 Å². The van der Waals surface area contributed by atoms with Crippen molar-refractivity contribution in [2.75, 3.05) is 61.5 Å². The normalized spacial score (nSPS) is 23.2. The van der Waals surface area contributed by atoms with E-state index in [-0.39, 0.29) is 71.8 Å². The molecule has 18 heteroatoms. The van der Waals surface area contributed by atoms with Crippen LogP contribution in [0, 0.1) is 0 Å². The number of benzene rings is 2. The second kappa shape index (κ2) is 16.7. The number of hydrogen-bond donors (Lipinski definition) is 3. The molecular weight excluding hydrogens is 840 g/mol. The first-order valence-corrected chi connectivity index (χ1v) is 22.8. The second-order valence-electron chi connectivity index (χ2n) is 18.3. The minimum Gasteiger partial charge on any atom is -0.478 e. The summed E-state index contributed by atoms with van der Waals surface area (Å²) in [5.41, 5.74) is 4.00. The Bertz CT molecular complexity index is 2600. The molecule has 336 valence electrons. The van der Waals surface area contributed by atoms with Crippen LogP contribution < -0.4 is 36.0 Å². The summed E-state index contributed by atoms with van der Waals surface area (Å²) in [6.07, 6.45) is 7.64. The molecular formula is C46H53ClN10O7. The highest BCUT2D eigenvalue weighted by Gasteiger charge is 2.56. The van der Waals surface area contributed by atoms with Crippen molar-refractivity contribution < 1.29 is 28.7 Å². The number of aromatic nitrogens is 3. The summed E-state index contributed by atoms with van der Waals surface area (Å²) >= 11 is 6.61. The Morgan fingerprint density at radius 1 is 1.00 bits per heavy atom. The number of anilines is 4. The number of nitrogens with zero attached hydrogens (tertiary/aromatic N) is 7. The Morgan fingerprint density at radius 3 is 2.52 bits per heavy atom. The van der Waals surface area contributed by atoms with Crippen LogP contribution in [-0.4, -0.2) is 124 Å². The molecule has 2 aromatic heterocycles. The lowest BCUT2D eigenvalue weighted by atomic mass is 9.73. The van der Waals surface area contributed by atoms with Gasteiger partial charge in [0.25, 0.3) is 17.4 Å². The van der Waals surface area contributed by atoms with Crippen molar-refractivity contribution in [3.05, 3.63) is 75.2 Å². The van der Waals surface area contributed by atoms with Gasteiger partial charge in [-0.2, -0.15) is 4.98 Å². The van der Waals surface area contributed by atoms with Gasteiger partial charge < -0.3 is 39.4 Å². The molecule has 7 heterocycles. The van der Waals surface area contributed by atoms with Crippen molar-refractivity contribution >= 4 is 69.3 Å². The molecule has 10 rings (SSSR count). The number of fused-ring (bicyclic) bond motifs is 2. The van der Waals surface area contributed by atoms with Crippen LogP contribution in [0.1, 0.15) is 80.8 Å². The van der Waals surface area contributed by atoms with E-state index in [0.717, 1.165) is 87.0 Å². The summed E-state index contributed by atoms with van der Waals surface area (Å²) in [6.45, 7) is 8.54. The number of carbonyl (C=O) groups excluding carboxylic acids is 4. The van der Waals surface area contributed by atoms with Gasteiger partial charge in [0.05, 0.1) is 29.5 Å². The molecule has 6 aliphatic rings. The van der Waals surface area contributed by atoms with E-state index in [2.05, 4.69) is 41.7 Å². The number of imide groups is 1. The Morgan fingerprint density at radius 2 is 1.80 bits per heavy atom.